The standard InChI is InChI=1S/C20H27FN4O2S/c1-24-13-20(22-14-24)28(26,27)25-11-18(15-7-9-16(21)10-8-15)19(12-25)23-17-5-3-2-4-6-17/h7-10,13-14,17-19,23H,2-6,11-12H2,1H3/t18-,19+/m1/s1. The summed E-state index contributed by atoms with van der Waals surface area (Å²) < 4.78 is 42.7. The third-order valence-electron chi connectivity index (χ3n) is 5.92. The molecule has 0 radical (unpaired) electrons. The van der Waals surface area contributed by atoms with Crippen molar-refractivity contribution in [2.24, 2.45) is 7.05 Å². The van der Waals surface area contributed by atoms with Gasteiger partial charge in [-0.05, 0) is 30.5 Å². The summed E-state index contributed by atoms with van der Waals surface area (Å²) in [7, 11) is -1.90. The third kappa shape index (κ3) is 3.99. The lowest BCUT2D eigenvalue weighted by molar-refractivity contribution is 0.329. The first kappa shape index (κ1) is 19.5. The number of rotatable bonds is 5. The minimum Gasteiger partial charge on any atom is -0.339 e. The molecule has 1 aromatic heterocycles. The van der Waals surface area contributed by atoms with Gasteiger partial charge in [-0.2, -0.15) is 4.31 Å². The second kappa shape index (κ2) is 7.93. The maximum atomic E-state index is 13.4. The second-order valence-electron chi connectivity index (χ2n) is 7.97. The predicted molar refractivity (Wildman–Crippen MR) is 105 cm³/mol. The van der Waals surface area contributed by atoms with Crippen LogP contribution in [-0.2, 0) is 17.1 Å². The van der Waals surface area contributed by atoms with E-state index in [4.69, 9.17) is 0 Å². The van der Waals surface area contributed by atoms with E-state index in [1.807, 2.05) is 0 Å². The highest BCUT2D eigenvalue weighted by Gasteiger charge is 2.41. The van der Waals surface area contributed by atoms with Gasteiger partial charge in [0.2, 0.25) is 0 Å². The molecule has 1 aliphatic heterocycles. The highest BCUT2D eigenvalue weighted by Crippen LogP contribution is 2.32. The Morgan fingerprint density at radius 3 is 2.46 bits per heavy atom. The van der Waals surface area contributed by atoms with Gasteiger partial charge in [-0.15, -0.1) is 0 Å². The highest BCUT2D eigenvalue weighted by molar-refractivity contribution is 7.89. The maximum absolute atomic E-state index is 13.4. The molecule has 1 saturated heterocycles. The van der Waals surface area contributed by atoms with Crippen molar-refractivity contribution in [2.45, 2.75) is 55.1 Å². The van der Waals surface area contributed by atoms with Crippen LogP contribution in [0.3, 0.4) is 0 Å². The van der Waals surface area contributed by atoms with Gasteiger partial charge in [-0.3, -0.25) is 0 Å². The van der Waals surface area contributed by atoms with Crippen molar-refractivity contribution in [2.75, 3.05) is 13.1 Å². The number of benzene rings is 1. The molecule has 0 spiro atoms. The van der Waals surface area contributed by atoms with Crippen LogP contribution in [0.5, 0.6) is 0 Å². The normalized spacial score (nSPS) is 24.6. The van der Waals surface area contributed by atoms with E-state index in [2.05, 4.69) is 10.3 Å². The highest BCUT2D eigenvalue weighted by atomic mass is 32.2. The maximum Gasteiger partial charge on any atom is 0.262 e. The summed E-state index contributed by atoms with van der Waals surface area (Å²) in [6, 6.07) is 6.86. The van der Waals surface area contributed by atoms with E-state index in [0.717, 1.165) is 18.4 Å². The van der Waals surface area contributed by atoms with Gasteiger partial charge in [0.15, 0.2) is 5.03 Å². The van der Waals surface area contributed by atoms with E-state index < -0.39 is 10.0 Å². The zero-order chi connectivity index (χ0) is 19.7. The third-order valence-corrected chi connectivity index (χ3v) is 7.64. The van der Waals surface area contributed by atoms with Gasteiger partial charge in [-0.1, -0.05) is 31.4 Å². The molecule has 1 saturated carbocycles. The molecule has 2 aromatic rings. The molecular formula is C20H27FN4O2S. The Labute approximate surface area is 165 Å². The molecule has 152 valence electrons. The summed E-state index contributed by atoms with van der Waals surface area (Å²) in [5.74, 6) is -0.294. The van der Waals surface area contributed by atoms with E-state index in [-0.39, 0.29) is 22.8 Å². The van der Waals surface area contributed by atoms with Crippen molar-refractivity contribution in [1.82, 2.24) is 19.2 Å². The molecule has 2 fully saturated rings. The van der Waals surface area contributed by atoms with E-state index in [0.29, 0.717) is 19.1 Å². The SMILES string of the molecule is Cn1cnc(S(=O)(=O)N2C[C@H](NC3CCCCC3)[C@@H](c3ccc(F)cc3)C2)c1. The van der Waals surface area contributed by atoms with Gasteiger partial charge < -0.3 is 9.88 Å². The zero-order valence-corrected chi connectivity index (χ0v) is 16.9. The number of sulfonamides is 1. The fourth-order valence-corrected chi connectivity index (χ4v) is 5.86. The molecule has 1 aromatic carbocycles. The van der Waals surface area contributed by atoms with Gasteiger partial charge >= 0.3 is 0 Å². The fraction of sp³-hybridized carbons (Fsp3) is 0.550. The monoisotopic (exact) mass is 406 g/mol. The van der Waals surface area contributed by atoms with Gasteiger partial charge in [-0.25, -0.2) is 17.8 Å². The van der Waals surface area contributed by atoms with Crippen LogP contribution >= 0.6 is 0 Å². The van der Waals surface area contributed by atoms with Crippen LogP contribution in [0.2, 0.25) is 0 Å². The van der Waals surface area contributed by atoms with Crippen molar-refractivity contribution in [3.63, 3.8) is 0 Å². The molecule has 1 aliphatic carbocycles. The number of hydrogen-bond acceptors (Lipinski definition) is 4. The lowest BCUT2D eigenvalue weighted by Crippen LogP contribution is -2.43. The van der Waals surface area contributed by atoms with Crippen LogP contribution < -0.4 is 5.32 Å². The number of nitrogens with one attached hydrogen (secondary N) is 1. The Kier molecular flexibility index (Phi) is 5.53. The van der Waals surface area contributed by atoms with Crippen LogP contribution in [0, 0.1) is 5.82 Å². The van der Waals surface area contributed by atoms with Crippen molar-refractivity contribution in [3.8, 4) is 0 Å². The summed E-state index contributed by atoms with van der Waals surface area (Å²) >= 11 is 0. The Bertz CT molecular complexity index is 907. The van der Waals surface area contributed by atoms with E-state index in [1.165, 1.54) is 48.2 Å². The number of aromatic nitrogens is 2. The smallest absolute Gasteiger partial charge is 0.262 e. The van der Waals surface area contributed by atoms with Crippen molar-refractivity contribution in [3.05, 3.63) is 48.2 Å². The van der Waals surface area contributed by atoms with Gasteiger partial charge in [0.1, 0.15) is 5.82 Å². The number of nitrogens with zero attached hydrogens (tertiary/aromatic N) is 3. The molecule has 1 N–H and O–H groups in total. The number of hydrogen-bond donors (Lipinski definition) is 1. The molecule has 28 heavy (non-hydrogen) atoms. The summed E-state index contributed by atoms with van der Waals surface area (Å²) in [6.45, 7) is 0.770. The minimum absolute atomic E-state index is 0.00653. The van der Waals surface area contributed by atoms with Gasteiger partial charge in [0.05, 0.1) is 6.33 Å². The topological polar surface area (TPSA) is 67.2 Å². The molecule has 6 nitrogen and oxygen atoms in total. The number of halogens is 1. The molecule has 2 aliphatic rings. The Hall–Kier alpha value is -1.77. The molecule has 2 atom stereocenters. The quantitative estimate of drug-likeness (QED) is 0.829. The molecule has 4 rings (SSSR count). The Morgan fingerprint density at radius 2 is 1.82 bits per heavy atom. The summed E-state index contributed by atoms with van der Waals surface area (Å²) in [6.07, 6.45) is 8.97. The van der Waals surface area contributed by atoms with E-state index >= 15 is 0 Å². The van der Waals surface area contributed by atoms with Crippen LogP contribution in [0.1, 0.15) is 43.6 Å². The minimum atomic E-state index is -3.65. The number of imidazole rings is 1. The molecular weight excluding hydrogens is 379 g/mol. The first-order chi connectivity index (χ1) is 13.4. The summed E-state index contributed by atoms with van der Waals surface area (Å²) in [5, 5.41) is 3.79. The summed E-state index contributed by atoms with van der Waals surface area (Å²) in [5.41, 5.74) is 0.966. The van der Waals surface area contributed by atoms with Crippen LogP contribution in [0.25, 0.3) is 0 Å². The zero-order valence-electron chi connectivity index (χ0n) is 16.1. The van der Waals surface area contributed by atoms with E-state index in [1.54, 1.807) is 23.7 Å². The first-order valence-electron chi connectivity index (χ1n) is 9.93. The van der Waals surface area contributed by atoms with Crippen LogP contribution in [0.15, 0.2) is 41.8 Å². The average Bonchev–Trinajstić information content (AvgIpc) is 3.31. The Balaban J connectivity index is 1.59. The fourth-order valence-electron chi connectivity index (χ4n) is 4.41. The van der Waals surface area contributed by atoms with Crippen LogP contribution in [-0.4, -0.2) is 47.4 Å². The lowest BCUT2D eigenvalue weighted by Gasteiger charge is -2.29. The second-order valence-corrected chi connectivity index (χ2v) is 9.85. The van der Waals surface area contributed by atoms with Crippen LogP contribution in [0.4, 0.5) is 4.39 Å². The average molecular weight is 407 g/mol. The molecule has 0 amide bonds. The Morgan fingerprint density at radius 1 is 1.11 bits per heavy atom. The van der Waals surface area contributed by atoms with E-state index in [9.17, 15) is 12.8 Å². The lowest BCUT2D eigenvalue weighted by atomic mass is 9.90. The van der Waals surface area contributed by atoms with Gasteiger partial charge in [0.25, 0.3) is 10.0 Å². The molecule has 2 heterocycles. The van der Waals surface area contributed by atoms with Crippen molar-refractivity contribution < 1.29 is 12.8 Å². The number of aryl methyl sites for hydroxylation is 1. The van der Waals surface area contributed by atoms with Crippen molar-refractivity contribution in [1.29, 1.82) is 0 Å². The molecule has 0 unspecified atom stereocenters. The first-order valence-corrected chi connectivity index (χ1v) is 11.4. The molecule has 0 bridgehead atoms. The predicted octanol–water partition coefficient (Wildman–Crippen LogP) is 2.64. The molecule has 8 heteroatoms. The largest absolute Gasteiger partial charge is 0.339 e. The van der Waals surface area contributed by atoms with Gasteiger partial charge in [0, 0.05) is 44.3 Å². The summed E-state index contributed by atoms with van der Waals surface area (Å²) in [4.78, 5) is 4.05. The van der Waals surface area contributed by atoms with Crippen molar-refractivity contribution >= 4 is 10.0 Å².